The summed E-state index contributed by atoms with van der Waals surface area (Å²) in [5.74, 6) is 0.576. The van der Waals surface area contributed by atoms with Crippen LogP contribution in [-0.2, 0) is 11.2 Å². The Morgan fingerprint density at radius 2 is 1.78 bits per heavy atom. The zero-order valence-corrected chi connectivity index (χ0v) is 21.9. The molecule has 0 unspecified atom stereocenters. The van der Waals surface area contributed by atoms with Crippen LogP contribution in [0.5, 0.6) is 5.75 Å². The Morgan fingerprint density at radius 1 is 1.08 bits per heavy atom. The summed E-state index contributed by atoms with van der Waals surface area (Å²) < 4.78 is 16.6. The molecule has 0 bridgehead atoms. The quantitative estimate of drug-likeness (QED) is 0.650. The Hall–Kier alpha value is -3.49. The van der Waals surface area contributed by atoms with Gasteiger partial charge in [0.25, 0.3) is 5.91 Å². The van der Waals surface area contributed by atoms with Gasteiger partial charge in [-0.05, 0) is 38.3 Å². The topological polar surface area (TPSA) is 101 Å². The van der Waals surface area contributed by atoms with Crippen LogP contribution in [0.15, 0.2) is 28.9 Å². The van der Waals surface area contributed by atoms with E-state index in [1.165, 1.54) is 6.26 Å². The van der Waals surface area contributed by atoms with Gasteiger partial charge in [-0.1, -0.05) is 13.8 Å². The smallest absolute Gasteiger partial charge is 0.410 e. The minimum Gasteiger partial charge on any atom is -0.494 e. The highest BCUT2D eigenvalue weighted by molar-refractivity contribution is 6.14. The zero-order chi connectivity index (χ0) is 26.3. The summed E-state index contributed by atoms with van der Waals surface area (Å²) in [6, 6.07) is 5.54. The average molecular weight is 498 g/mol. The molecule has 194 valence electrons. The predicted octanol–water partition coefficient (Wildman–Crippen LogP) is 4.75. The van der Waals surface area contributed by atoms with E-state index in [0.29, 0.717) is 61.8 Å². The van der Waals surface area contributed by atoms with Crippen LogP contribution in [-0.4, -0.2) is 61.6 Å². The highest BCUT2D eigenvalue weighted by Crippen LogP contribution is 2.38. The van der Waals surface area contributed by atoms with Gasteiger partial charge in [0.05, 0.1) is 23.9 Å². The Kier molecular flexibility index (Phi) is 6.77. The van der Waals surface area contributed by atoms with E-state index >= 15 is 0 Å². The lowest BCUT2D eigenvalue weighted by Crippen LogP contribution is -2.50. The average Bonchev–Trinajstić information content (AvgIpc) is 3.21. The molecule has 0 atom stereocenters. The van der Waals surface area contributed by atoms with Gasteiger partial charge in [0.1, 0.15) is 23.4 Å². The Morgan fingerprint density at radius 3 is 2.42 bits per heavy atom. The van der Waals surface area contributed by atoms with Crippen LogP contribution in [0.1, 0.15) is 67.5 Å². The lowest BCUT2D eigenvalue weighted by molar-refractivity contribution is 0.0240. The van der Waals surface area contributed by atoms with Crippen molar-refractivity contribution in [2.45, 2.75) is 53.1 Å². The van der Waals surface area contributed by atoms with Crippen molar-refractivity contribution in [2.75, 3.05) is 43.5 Å². The fourth-order valence-corrected chi connectivity index (χ4v) is 4.66. The first kappa shape index (κ1) is 25.6. The number of Topliss-reactive ketones (excluding diaryl/α,β-unsaturated/α-hetero) is 1. The molecular formula is C27H35N3O6. The third-order valence-electron chi connectivity index (χ3n) is 6.40. The maximum absolute atomic E-state index is 13.1. The van der Waals surface area contributed by atoms with E-state index in [9.17, 15) is 14.4 Å². The molecule has 0 spiro atoms. The number of benzene rings is 1. The van der Waals surface area contributed by atoms with E-state index < -0.39 is 11.5 Å². The van der Waals surface area contributed by atoms with Crippen molar-refractivity contribution in [3.8, 4) is 5.75 Å². The monoisotopic (exact) mass is 497 g/mol. The number of nitrogens with one attached hydrogen (secondary N) is 1. The van der Waals surface area contributed by atoms with E-state index in [0.717, 1.165) is 5.69 Å². The molecule has 9 heteroatoms. The lowest BCUT2D eigenvalue weighted by atomic mass is 9.76. The number of hydrogen-bond donors (Lipinski definition) is 1. The number of amides is 2. The molecule has 1 saturated heterocycles. The van der Waals surface area contributed by atoms with Gasteiger partial charge in [0, 0.05) is 50.8 Å². The molecule has 1 aromatic carbocycles. The van der Waals surface area contributed by atoms with E-state index in [2.05, 4.69) is 10.2 Å². The van der Waals surface area contributed by atoms with E-state index in [1.54, 1.807) is 18.1 Å². The Labute approximate surface area is 211 Å². The number of furan rings is 1. The molecule has 1 aromatic heterocycles. The number of carbonyl (C=O) groups excluding carboxylic acids is 3. The van der Waals surface area contributed by atoms with Crippen molar-refractivity contribution in [1.82, 2.24) is 4.90 Å². The summed E-state index contributed by atoms with van der Waals surface area (Å²) in [5, 5.41) is 2.86. The third-order valence-corrected chi connectivity index (χ3v) is 6.40. The molecular weight excluding hydrogens is 462 g/mol. The first-order valence-corrected chi connectivity index (χ1v) is 12.2. The van der Waals surface area contributed by atoms with Crippen LogP contribution in [0.3, 0.4) is 0 Å². The highest BCUT2D eigenvalue weighted by atomic mass is 16.6. The van der Waals surface area contributed by atoms with Gasteiger partial charge in [0.2, 0.25) is 0 Å². The van der Waals surface area contributed by atoms with Crippen molar-refractivity contribution in [3.63, 3.8) is 0 Å². The standard InChI is InChI=1S/C27H35N3O6/c1-26(2,3)36-25(33)30-11-9-29(10-12-30)17-7-8-19(21(13-17)34-6)28-24(32)18-16-35-22-15-27(4,5)14-20(31)23(18)22/h7-8,13,16H,9-12,14-15H2,1-6H3,(H,28,32). The summed E-state index contributed by atoms with van der Waals surface area (Å²) in [4.78, 5) is 42.0. The molecule has 0 radical (unpaired) electrons. The van der Waals surface area contributed by atoms with Crippen LogP contribution < -0.4 is 15.0 Å². The molecule has 2 aromatic rings. The molecule has 2 heterocycles. The normalized spacial score (nSPS) is 17.4. The molecule has 0 saturated carbocycles. The van der Waals surface area contributed by atoms with Gasteiger partial charge in [-0.2, -0.15) is 0 Å². The molecule has 1 aliphatic heterocycles. The van der Waals surface area contributed by atoms with Crippen LogP contribution in [0.4, 0.5) is 16.2 Å². The number of carbonyl (C=O) groups is 3. The Bertz CT molecular complexity index is 1170. The van der Waals surface area contributed by atoms with Crippen LogP contribution in [0.25, 0.3) is 0 Å². The van der Waals surface area contributed by atoms with E-state index in [4.69, 9.17) is 13.9 Å². The van der Waals surface area contributed by atoms with Crippen molar-refractivity contribution in [2.24, 2.45) is 5.41 Å². The Balaban J connectivity index is 1.44. The second kappa shape index (κ2) is 9.52. The summed E-state index contributed by atoms with van der Waals surface area (Å²) >= 11 is 0. The van der Waals surface area contributed by atoms with Gasteiger partial charge in [-0.3, -0.25) is 9.59 Å². The molecule has 1 N–H and O–H groups in total. The largest absolute Gasteiger partial charge is 0.494 e. The van der Waals surface area contributed by atoms with Gasteiger partial charge in [-0.15, -0.1) is 0 Å². The van der Waals surface area contributed by atoms with Gasteiger partial charge < -0.3 is 29.0 Å². The zero-order valence-electron chi connectivity index (χ0n) is 21.9. The SMILES string of the molecule is COc1cc(N2CCN(C(=O)OC(C)(C)C)CC2)ccc1NC(=O)c1coc2c1C(=O)CC(C)(C)C2. The number of rotatable bonds is 4. The molecule has 36 heavy (non-hydrogen) atoms. The highest BCUT2D eigenvalue weighted by Gasteiger charge is 2.37. The van der Waals surface area contributed by atoms with Gasteiger partial charge in [-0.25, -0.2) is 4.79 Å². The number of ether oxygens (including phenoxy) is 2. The third kappa shape index (κ3) is 5.50. The summed E-state index contributed by atoms with van der Waals surface area (Å²) in [6.07, 6.45) is 2.05. The first-order chi connectivity index (χ1) is 16.9. The van der Waals surface area contributed by atoms with Crippen molar-refractivity contribution >= 4 is 29.2 Å². The summed E-state index contributed by atoms with van der Waals surface area (Å²) in [7, 11) is 1.54. The predicted molar refractivity (Wildman–Crippen MR) is 136 cm³/mol. The van der Waals surface area contributed by atoms with Crippen LogP contribution in [0, 0.1) is 5.41 Å². The van der Waals surface area contributed by atoms with Crippen molar-refractivity contribution in [3.05, 3.63) is 41.3 Å². The molecule has 4 rings (SSSR count). The second-order valence-electron chi connectivity index (χ2n) is 11.2. The maximum Gasteiger partial charge on any atom is 0.410 e. The minimum atomic E-state index is -0.526. The van der Waals surface area contributed by atoms with Gasteiger partial charge in [0.15, 0.2) is 5.78 Å². The van der Waals surface area contributed by atoms with E-state index in [1.807, 2.05) is 46.8 Å². The molecule has 1 fully saturated rings. The fraction of sp³-hybridized carbons (Fsp3) is 0.519. The number of fused-ring (bicyclic) bond motifs is 1. The fourth-order valence-electron chi connectivity index (χ4n) is 4.66. The first-order valence-electron chi connectivity index (χ1n) is 12.2. The van der Waals surface area contributed by atoms with Crippen molar-refractivity contribution in [1.29, 1.82) is 0 Å². The van der Waals surface area contributed by atoms with Crippen LogP contribution in [0.2, 0.25) is 0 Å². The number of piperazine rings is 1. The summed E-state index contributed by atoms with van der Waals surface area (Å²) in [5.41, 5.74) is 1.33. The van der Waals surface area contributed by atoms with Crippen molar-refractivity contribution < 1.29 is 28.3 Å². The molecule has 1 aliphatic carbocycles. The summed E-state index contributed by atoms with van der Waals surface area (Å²) in [6.45, 7) is 12.0. The maximum atomic E-state index is 13.1. The number of methoxy groups -OCH3 is 1. The van der Waals surface area contributed by atoms with Gasteiger partial charge >= 0.3 is 6.09 Å². The second-order valence-corrected chi connectivity index (χ2v) is 11.2. The van der Waals surface area contributed by atoms with Crippen LogP contribution >= 0.6 is 0 Å². The number of nitrogens with zero attached hydrogens (tertiary/aromatic N) is 2. The minimum absolute atomic E-state index is 0.0759. The number of hydrogen-bond acceptors (Lipinski definition) is 7. The molecule has 9 nitrogen and oxygen atoms in total. The number of anilines is 2. The number of ketones is 1. The lowest BCUT2D eigenvalue weighted by Gasteiger charge is -2.37. The molecule has 2 amide bonds. The molecule has 2 aliphatic rings. The van der Waals surface area contributed by atoms with E-state index in [-0.39, 0.29) is 22.9 Å².